The highest BCUT2D eigenvalue weighted by molar-refractivity contribution is 7.10. The van der Waals surface area contributed by atoms with Crippen LogP contribution >= 0.6 is 11.3 Å². The summed E-state index contributed by atoms with van der Waals surface area (Å²) in [5, 5.41) is 5.87. The normalized spacial score (nSPS) is 23.4. The summed E-state index contributed by atoms with van der Waals surface area (Å²) in [6, 6.07) is 5.54. The third-order valence-electron chi connectivity index (χ3n) is 3.49. The number of thiophene rings is 1. The maximum Gasteiger partial charge on any atom is 0.0561 e. The van der Waals surface area contributed by atoms with Gasteiger partial charge in [-0.3, -0.25) is 0 Å². The van der Waals surface area contributed by atoms with E-state index in [-0.39, 0.29) is 0 Å². The van der Waals surface area contributed by atoms with Gasteiger partial charge in [-0.2, -0.15) is 0 Å². The monoisotopic (exact) mass is 253 g/mol. The van der Waals surface area contributed by atoms with Crippen LogP contribution in [0.2, 0.25) is 0 Å². The molecule has 2 unspecified atom stereocenters. The van der Waals surface area contributed by atoms with Crippen LogP contribution in [-0.2, 0) is 0 Å². The zero-order chi connectivity index (χ0) is 12.3. The molecule has 1 aliphatic rings. The van der Waals surface area contributed by atoms with Gasteiger partial charge in [0.2, 0.25) is 0 Å². The topological polar surface area (TPSA) is 18.5 Å². The number of nitrogens with zero attached hydrogens (tertiary/aromatic N) is 2. The molecule has 1 fully saturated rings. The van der Waals surface area contributed by atoms with Crippen molar-refractivity contribution in [1.82, 2.24) is 15.1 Å². The van der Waals surface area contributed by atoms with Crippen molar-refractivity contribution in [3.05, 3.63) is 22.4 Å². The van der Waals surface area contributed by atoms with E-state index in [0.29, 0.717) is 12.1 Å². The van der Waals surface area contributed by atoms with Crippen molar-refractivity contribution >= 4 is 11.3 Å². The molecule has 2 heterocycles. The van der Waals surface area contributed by atoms with Crippen LogP contribution in [-0.4, -0.2) is 56.6 Å². The maximum absolute atomic E-state index is 3.71. The minimum Gasteiger partial charge on any atom is -0.311 e. The van der Waals surface area contributed by atoms with E-state index in [2.05, 4.69) is 53.8 Å². The minimum absolute atomic E-state index is 0.501. The second-order valence-electron chi connectivity index (χ2n) is 5.15. The summed E-state index contributed by atoms with van der Waals surface area (Å²) in [5.74, 6) is 0. The van der Waals surface area contributed by atoms with Gasteiger partial charge in [0, 0.05) is 24.0 Å². The van der Waals surface area contributed by atoms with Crippen molar-refractivity contribution in [3.63, 3.8) is 0 Å². The van der Waals surface area contributed by atoms with Gasteiger partial charge in [0.25, 0.3) is 0 Å². The van der Waals surface area contributed by atoms with E-state index in [0.717, 1.165) is 6.54 Å². The van der Waals surface area contributed by atoms with E-state index >= 15 is 0 Å². The van der Waals surface area contributed by atoms with Gasteiger partial charge in [0.15, 0.2) is 0 Å². The lowest BCUT2D eigenvalue weighted by atomic mass is 10.2. The summed E-state index contributed by atoms with van der Waals surface area (Å²) in [6.45, 7) is 3.46. The highest BCUT2D eigenvalue weighted by Crippen LogP contribution is 2.22. The summed E-state index contributed by atoms with van der Waals surface area (Å²) in [5.41, 5.74) is 0. The summed E-state index contributed by atoms with van der Waals surface area (Å²) < 4.78 is 0. The molecule has 96 valence electrons. The molecular weight excluding hydrogens is 230 g/mol. The van der Waals surface area contributed by atoms with E-state index in [9.17, 15) is 0 Å². The third kappa shape index (κ3) is 3.52. The van der Waals surface area contributed by atoms with Gasteiger partial charge in [-0.1, -0.05) is 6.07 Å². The second kappa shape index (κ2) is 5.96. The van der Waals surface area contributed by atoms with Gasteiger partial charge in [-0.05, 0) is 45.6 Å². The van der Waals surface area contributed by atoms with E-state index in [4.69, 9.17) is 0 Å². The first kappa shape index (κ1) is 13.0. The Morgan fingerprint density at radius 1 is 1.59 bits per heavy atom. The Morgan fingerprint density at radius 2 is 2.41 bits per heavy atom. The highest BCUT2D eigenvalue weighted by Gasteiger charge is 2.21. The predicted molar refractivity (Wildman–Crippen MR) is 74.7 cm³/mol. The number of hydrogen-bond acceptors (Lipinski definition) is 4. The van der Waals surface area contributed by atoms with Crippen molar-refractivity contribution in [1.29, 1.82) is 0 Å². The molecule has 0 aromatic carbocycles. The lowest BCUT2D eigenvalue weighted by Gasteiger charge is -2.25. The third-order valence-corrected chi connectivity index (χ3v) is 4.46. The van der Waals surface area contributed by atoms with E-state index in [1.165, 1.54) is 24.4 Å². The molecular formula is C13H23N3S. The Balaban J connectivity index is 1.86. The van der Waals surface area contributed by atoms with E-state index < -0.39 is 0 Å². The van der Waals surface area contributed by atoms with Crippen molar-refractivity contribution in [2.75, 3.05) is 40.8 Å². The van der Waals surface area contributed by atoms with Crippen molar-refractivity contribution in [2.45, 2.75) is 18.5 Å². The summed E-state index contributed by atoms with van der Waals surface area (Å²) in [4.78, 5) is 6.15. The van der Waals surface area contributed by atoms with Crippen molar-refractivity contribution in [3.8, 4) is 0 Å². The van der Waals surface area contributed by atoms with Crippen LogP contribution in [0.15, 0.2) is 17.5 Å². The van der Waals surface area contributed by atoms with Crippen molar-refractivity contribution in [2.24, 2.45) is 0 Å². The standard InChI is InChI=1S/C13H23N3S/c1-15(2)12(13-5-4-8-17-13)9-14-11-6-7-16(3)10-11/h4-5,8,11-12,14H,6-7,9-10H2,1-3H3. The SMILES string of the molecule is CN1CCC(NCC(c2cccs2)N(C)C)C1. The zero-order valence-corrected chi connectivity index (χ0v) is 11.8. The number of hydrogen-bond donors (Lipinski definition) is 1. The molecule has 0 radical (unpaired) electrons. The predicted octanol–water partition coefficient (Wildman–Crippen LogP) is 1.64. The van der Waals surface area contributed by atoms with Crippen LogP contribution in [0.5, 0.6) is 0 Å². The smallest absolute Gasteiger partial charge is 0.0561 e. The van der Waals surface area contributed by atoms with Gasteiger partial charge < -0.3 is 15.1 Å². The molecule has 1 aromatic rings. The van der Waals surface area contributed by atoms with Gasteiger partial charge in [0.05, 0.1) is 6.04 Å². The minimum atomic E-state index is 0.501. The molecule has 0 bridgehead atoms. The largest absolute Gasteiger partial charge is 0.311 e. The van der Waals surface area contributed by atoms with Gasteiger partial charge in [-0.15, -0.1) is 11.3 Å². The molecule has 0 spiro atoms. The summed E-state index contributed by atoms with van der Waals surface area (Å²) in [6.07, 6.45) is 1.28. The van der Waals surface area contributed by atoms with Crippen LogP contribution in [0, 0.1) is 0 Å². The van der Waals surface area contributed by atoms with E-state index in [1.54, 1.807) is 0 Å². The molecule has 1 N–H and O–H groups in total. The Hall–Kier alpha value is -0.420. The molecule has 1 aromatic heterocycles. The average Bonchev–Trinajstić information content (AvgIpc) is 2.90. The lowest BCUT2D eigenvalue weighted by molar-refractivity contribution is 0.282. The summed E-state index contributed by atoms with van der Waals surface area (Å²) >= 11 is 1.85. The lowest BCUT2D eigenvalue weighted by Crippen LogP contribution is -2.38. The van der Waals surface area contributed by atoms with Crippen LogP contribution in [0.1, 0.15) is 17.3 Å². The molecule has 0 saturated carbocycles. The first-order chi connectivity index (χ1) is 8.16. The maximum atomic E-state index is 3.71. The fraction of sp³-hybridized carbons (Fsp3) is 0.692. The quantitative estimate of drug-likeness (QED) is 0.861. The number of likely N-dealkylation sites (tertiary alicyclic amines) is 1. The molecule has 2 atom stereocenters. The van der Waals surface area contributed by atoms with Crippen molar-refractivity contribution < 1.29 is 0 Å². The molecule has 17 heavy (non-hydrogen) atoms. The Labute approximate surface area is 108 Å². The van der Waals surface area contributed by atoms with Gasteiger partial charge in [-0.25, -0.2) is 0 Å². The van der Waals surface area contributed by atoms with Crippen LogP contribution in [0.25, 0.3) is 0 Å². The highest BCUT2D eigenvalue weighted by atomic mass is 32.1. The number of rotatable bonds is 5. The molecule has 0 amide bonds. The number of likely N-dealkylation sites (N-methyl/N-ethyl adjacent to an activating group) is 2. The fourth-order valence-electron chi connectivity index (χ4n) is 2.40. The summed E-state index contributed by atoms with van der Waals surface area (Å²) in [7, 11) is 6.52. The Kier molecular flexibility index (Phi) is 4.56. The van der Waals surface area contributed by atoms with Gasteiger partial charge in [0.1, 0.15) is 0 Å². The van der Waals surface area contributed by atoms with Crippen LogP contribution in [0.4, 0.5) is 0 Å². The fourth-order valence-corrected chi connectivity index (χ4v) is 3.32. The first-order valence-corrected chi connectivity index (χ1v) is 7.16. The molecule has 1 aliphatic heterocycles. The first-order valence-electron chi connectivity index (χ1n) is 6.28. The molecule has 2 rings (SSSR count). The zero-order valence-electron chi connectivity index (χ0n) is 11.0. The molecule has 1 saturated heterocycles. The number of nitrogens with one attached hydrogen (secondary N) is 1. The second-order valence-corrected chi connectivity index (χ2v) is 6.13. The van der Waals surface area contributed by atoms with Gasteiger partial charge >= 0.3 is 0 Å². The molecule has 3 nitrogen and oxygen atoms in total. The molecule has 0 aliphatic carbocycles. The Morgan fingerprint density at radius 3 is 2.94 bits per heavy atom. The van der Waals surface area contributed by atoms with Crippen LogP contribution < -0.4 is 5.32 Å². The van der Waals surface area contributed by atoms with Crippen LogP contribution in [0.3, 0.4) is 0 Å². The molecule has 4 heteroatoms. The van der Waals surface area contributed by atoms with E-state index in [1.807, 2.05) is 11.3 Å². The average molecular weight is 253 g/mol. The Bertz CT molecular complexity index is 323.